The van der Waals surface area contributed by atoms with E-state index in [-0.39, 0.29) is 12.5 Å². The summed E-state index contributed by atoms with van der Waals surface area (Å²) in [7, 11) is 0. The number of nitrogens with one attached hydrogen (secondary N) is 3. The normalized spacial score (nSPS) is 16.1. The minimum atomic E-state index is -1.42. The number of ether oxygens (including phenoxy) is 1. The lowest BCUT2D eigenvalue weighted by Gasteiger charge is -2.18. The van der Waals surface area contributed by atoms with Crippen molar-refractivity contribution in [2.75, 3.05) is 18.0 Å². The molecule has 2 atom stereocenters. The van der Waals surface area contributed by atoms with Crippen LogP contribution in [0.15, 0.2) is 59.7 Å². The molecule has 2 aromatic rings. The van der Waals surface area contributed by atoms with Gasteiger partial charge in [0.2, 0.25) is 5.91 Å². The Morgan fingerprint density at radius 2 is 1.89 bits per heavy atom. The molecule has 3 rings (SSSR count). The Bertz CT molecular complexity index is 1080. The number of carboxylic acid groups (broad SMARTS) is 1. The van der Waals surface area contributed by atoms with Crippen molar-refractivity contribution in [3.05, 3.63) is 65.7 Å². The number of rotatable bonds is 9. The number of hydrazone groups is 1. The van der Waals surface area contributed by atoms with Gasteiger partial charge in [-0.15, -0.1) is 0 Å². The van der Waals surface area contributed by atoms with Crippen molar-refractivity contribution in [3.63, 3.8) is 0 Å². The molecule has 0 aromatic heterocycles. The molecule has 6 N–H and O–H groups in total. The highest BCUT2D eigenvalue weighted by molar-refractivity contribution is 6.01. The van der Waals surface area contributed by atoms with Gasteiger partial charge < -0.3 is 36.5 Å². The van der Waals surface area contributed by atoms with Gasteiger partial charge in [-0.05, 0) is 29.7 Å². The zero-order valence-electron chi connectivity index (χ0n) is 18.7. The van der Waals surface area contributed by atoms with Crippen LogP contribution in [0.3, 0.4) is 0 Å². The molecule has 184 valence electrons. The minimum Gasteiger partial charge on any atom is -0.480 e. The number of anilines is 1. The number of aliphatic carboxylic acids is 1. The van der Waals surface area contributed by atoms with E-state index in [1.165, 1.54) is 6.21 Å². The molecular formula is C23H26N6O6. The van der Waals surface area contributed by atoms with E-state index in [1.807, 2.05) is 6.07 Å². The number of benzene rings is 2. The number of carboxylic acids is 1. The maximum Gasteiger partial charge on any atom is 0.408 e. The van der Waals surface area contributed by atoms with Crippen LogP contribution >= 0.6 is 0 Å². The number of hydrogen-bond acceptors (Lipinski definition) is 7. The van der Waals surface area contributed by atoms with E-state index < -0.39 is 36.7 Å². The molecule has 0 aliphatic carbocycles. The van der Waals surface area contributed by atoms with Gasteiger partial charge in [0.1, 0.15) is 18.7 Å². The Labute approximate surface area is 201 Å². The molecule has 1 saturated heterocycles. The maximum atomic E-state index is 12.7. The Hall–Kier alpha value is -4.61. The fraction of sp³-hybridized carbons (Fsp3) is 0.261. The lowest BCUT2D eigenvalue weighted by molar-refractivity contribution is -0.139. The molecule has 1 heterocycles. The molecule has 0 saturated carbocycles. The van der Waals surface area contributed by atoms with Gasteiger partial charge in [-0.3, -0.25) is 4.79 Å². The number of alkyl carbamates (subject to hydrolysis) is 1. The lowest BCUT2D eigenvalue weighted by atomic mass is 10.2. The molecule has 0 radical (unpaired) electrons. The molecule has 1 unspecified atom stereocenters. The van der Waals surface area contributed by atoms with Crippen molar-refractivity contribution < 1.29 is 29.0 Å². The fourth-order valence-electron chi connectivity index (χ4n) is 3.41. The van der Waals surface area contributed by atoms with E-state index in [0.29, 0.717) is 18.7 Å². The largest absolute Gasteiger partial charge is 0.480 e. The van der Waals surface area contributed by atoms with E-state index in [4.69, 9.17) is 10.6 Å². The second-order valence-electron chi connectivity index (χ2n) is 7.65. The summed E-state index contributed by atoms with van der Waals surface area (Å²) in [5, 5.41) is 19.9. The van der Waals surface area contributed by atoms with Crippen LogP contribution in [-0.2, 0) is 20.9 Å². The molecule has 2 aromatic carbocycles. The van der Waals surface area contributed by atoms with Crippen LogP contribution in [0.5, 0.6) is 0 Å². The third-order valence-corrected chi connectivity index (χ3v) is 5.21. The summed E-state index contributed by atoms with van der Waals surface area (Å²) in [4.78, 5) is 49.9. The van der Waals surface area contributed by atoms with Crippen LogP contribution < -0.4 is 26.7 Å². The number of carbonyl (C=O) groups excluding carboxylic acids is 3. The van der Waals surface area contributed by atoms with Crippen LogP contribution in [0.4, 0.5) is 15.3 Å². The summed E-state index contributed by atoms with van der Waals surface area (Å²) in [6, 6.07) is 13.0. The van der Waals surface area contributed by atoms with Gasteiger partial charge in [0, 0.05) is 12.2 Å². The maximum absolute atomic E-state index is 12.7. The standard InChI is InChI=1S/C23H26N6O6/c24-26-12-15-6-8-17(9-7-15)29-11-10-18(20(29)30)27-22(33)25-13-19(21(31)32)28-23(34)35-14-16-4-2-1-3-5-16/h1-9,12,18-19H,10-11,13-14,24H2,(H,28,34)(H,31,32)(H2,25,27,33)/t18?,19-/m0/s1. The van der Waals surface area contributed by atoms with E-state index >= 15 is 0 Å². The zero-order valence-corrected chi connectivity index (χ0v) is 18.7. The molecule has 1 aliphatic heterocycles. The van der Waals surface area contributed by atoms with Gasteiger partial charge in [0.05, 0.1) is 12.8 Å². The van der Waals surface area contributed by atoms with Crippen LogP contribution in [0.25, 0.3) is 0 Å². The monoisotopic (exact) mass is 482 g/mol. The van der Waals surface area contributed by atoms with Crippen LogP contribution in [0, 0.1) is 0 Å². The number of urea groups is 1. The second-order valence-corrected chi connectivity index (χ2v) is 7.65. The molecule has 1 fully saturated rings. The van der Waals surface area contributed by atoms with E-state index in [2.05, 4.69) is 21.1 Å². The third kappa shape index (κ3) is 7.19. The highest BCUT2D eigenvalue weighted by Crippen LogP contribution is 2.21. The highest BCUT2D eigenvalue weighted by atomic mass is 16.5. The number of nitrogens with zero attached hydrogens (tertiary/aromatic N) is 2. The smallest absolute Gasteiger partial charge is 0.408 e. The van der Waals surface area contributed by atoms with Crippen molar-refractivity contribution in [2.24, 2.45) is 10.9 Å². The second kappa shape index (κ2) is 12.0. The number of carbonyl (C=O) groups is 4. The van der Waals surface area contributed by atoms with Gasteiger partial charge in [0.25, 0.3) is 0 Å². The first-order chi connectivity index (χ1) is 16.9. The van der Waals surface area contributed by atoms with Crippen molar-refractivity contribution in [2.45, 2.75) is 25.1 Å². The number of hydrogen-bond donors (Lipinski definition) is 5. The molecular weight excluding hydrogens is 456 g/mol. The van der Waals surface area contributed by atoms with E-state index in [9.17, 15) is 24.3 Å². The first-order valence-corrected chi connectivity index (χ1v) is 10.8. The Morgan fingerprint density at radius 3 is 2.54 bits per heavy atom. The Kier molecular flexibility index (Phi) is 8.59. The van der Waals surface area contributed by atoms with Gasteiger partial charge in [-0.2, -0.15) is 5.10 Å². The number of amides is 4. The molecule has 0 spiro atoms. The summed E-state index contributed by atoms with van der Waals surface area (Å²) in [5.74, 6) is 3.48. The van der Waals surface area contributed by atoms with E-state index in [1.54, 1.807) is 53.4 Å². The van der Waals surface area contributed by atoms with Gasteiger partial charge in [-0.1, -0.05) is 42.5 Å². The molecule has 1 aliphatic rings. The zero-order chi connectivity index (χ0) is 25.2. The summed E-state index contributed by atoms with van der Waals surface area (Å²) in [6.45, 7) is -0.0341. The molecule has 35 heavy (non-hydrogen) atoms. The first kappa shape index (κ1) is 25.0. The molecule has 0 bridgehead atoms. The number of nitrogens with two attached hydrogens (primary N) is 1. The Morgan fingerprint density at radius 1 is 1.17 bits per heavy atom. The van der Waals surface area contributed by atoms with Crippen molar-refractivity contribution in [1.82, 2.24) is 16.0 Å². The van der Waals surface area contributed by atoms with Crippen molar-refractivity contribution in [1.29, 1.82) is 0 Å². The predicted molar refractivity (Wildman–Crippen MR) is 127 cm³/mol. The van der Waals surface area contributed by atoms with E-state index in [0.717, 1.165) is 11.1 Å². The average molecular weight is 482 g/mol. The average Bonchev–Trinajstić information content (AvgIpc) is 3.21. The van der Waals surface area contributed by atoms with Crippen molar-refractivity contribution >= 4 is 35.9 Å². The molecule has 12 heteroatoms. The van der Waals surface area contributed by atoms with Gasteiger partial charge in [0.15, 0.2) is 0 Å². The van der Waals surface area contributed by atoms with Crippen LogP contribution in [0.2, 0.25) is 0 Å². The summed E-state index contributed by atoms with van der Waals surface area (Å²) >= 11 is 0. The van der Waals surface area contributed by atoms with Crippen LogP contribution in [-0.4, -0.2) is 60.5 Å². The quantitative estimate of drug-likeness (QED) is 0.199. The van der Waals surface area contributed by atoms with Gasteiger partial charge >= 0.3 is 18.1 Å². The molecule has 12 nitrogen and oxygen atoms in total. The molecule has 4 amide bonds. The van der Waals surface area contributed by atoms with Crippen LogP contribution in [0.1, 0.15) is 17.5 Å². The summed E-state index contributed by atoms with van der Waals surface area (Å²) < 4.78 is 5.01. The fourth-order valence-corrected chi connectivity index (χ4v) is 3.41. The van der Waals surface area contributed by atoms with Gasteiger partial charge in [-0.25, -0.2) is 14.4 Å². The highest BCUT2D eigenvalue weighted by Gasteiger charge is 2.34. The summed E-state index contributed by atoms with van der Waals surface area (Å²) in [5.41, 5.74) is 2.18. The lowest BCUT2D eigenvalue weighted by Crippen LogP contribution is -2.52. The third-order valence-electron chi connectivity index (χ3n) is 5.21. The topological polar surface area (TPSA) is 175 Å². The first-order valence-electron chi connectivity index (χ1n) is 10.8. The minimum absolute atomic E-state index is 0.0312. The SMILES string of the molecule is NN=Cc1ccc(N2CCC(NC(=O)NC[C@H](NC(=O)OCc3ccccc3)C(=O)O)C2=O)cc1. The Balaban J connectivity index is 1.45. The van der Waals surface area contributed by atoms with Crippen molar-refractivity contribution in [3.8, 4) is 0 Å². The predicted octanol–water partition coefficient (Wildman–Crippen LogP) is 0.763. The summed E-state index contributed by atoms with van der Waals surface area (Å²) in [6.07, 6.45) is 0.922.